The Bertz CT molecular complexity index is 1240. The van der Waals surface area contributed by atoms with Crippen LogP contribution in [0, 0.1) is 13.8 Å². The van der Waals surface area contributed by atoms with Crippen molar-refractivity contribution < 1.29 is 4.79 Å². The van der Waals surface area contributed by atoms with Gasteiger partial charge in [0.15, 0.2) is 0 Å². The average Bonchev–Trinajstić information content (AvgIpc) is 3.14. The van der Waals surface area contributed by atoms with Gasteiger partial charge in [0, 0.05) is 24.2 Å². The fraction of sp³-hybridized carbons (Fsp3) is 0.125. The Hall–Kier alpha value is -3.73. The highest BCUT2D eigenvalue weighted by atomic mass is 16.2. The molecule has 5 heteroatoms. The second-order valence-electron chi connectivity index (χ2n) is 7.11. The first-order valence-electron chi connectivity index (χ1n) is 9.45. The molecule has 1 amide bonds. The van der Waals surface area contributed by atoms with Gasteiger partial charge >= 0.3 is 0 Å². The van der Waals surface area contributed by atoms with Crippen molar-refractivity contribution in [3.63, 3.8) is 0 Å². The summed E-state index contributed by atoms with van der Waals surface area (Å²) in [7, 11) is 1.93. The summed E-state index contributed by atoms with van der Waals surface area (Å²) in [6, 6.07) is 19.6. The van der Waals surface area contributed by atoms with E-state index in [0.717, 1.165) is 27.9 Å². The topological polar surface area (TPSA) is 59.3 Å². The van der Waals surface area contributed by atoms with Gasteiger partial charge in [-0.2, -0.15) is 5.10 Å². The number of carbonyl (C=O) groups excluding carboxylic acids is 1. The number of aryl methyl sites for hydroxylation is 3. The van der Waals surface area contributed by atoms with E-state index in [1.54, 1.807) is 6.21 Å². The van der Waals surface area contributed by atoms with Gasteiger partial charge in [-0.25, -0.2) is 10.4 Å². The lowest BCUT2D eigenvalue weighted by Gasteiger charge is -2.10. The van der Waals surface area contributed by atoms with E-state index >= 15 is 0 Å². The van der Waals surface area contributed by atoms with Crippen LogP contribution in [-0.4, -0.2) is 21.7 Å². The average molecular weight is 382 g/mol. The van der Waals surface area contributed by atoms with Crippen molar-refractivity contribution in [1.29, 1.82) is 0 Å². The Kier molecular flexibility index (Phi) is 4.96. The number of nitrogens with one attached hydrogen (secondary N) is 1. The zero-order valence-electron chi connectivity index (χ0n) is 16.7. The Labute approximate surface area is 169 Å². The molecule has 1 N–H and O–H groups in total. The number of pyridine rings is 1. The molecule has 0 aliphatic heterocycles. The molecule has 0 saturated carbocycles. The van der Waals surface area contributed by atoms with Crippen molar-refractivity contribution in [2.75, 3.05) is 0 Å². The lowest BCUT2D eigenvalue weighted by Crippen LogP contribution is -2.18. The maximum absolute atomic E-state index is 12.9. The van der Waals surface area contributed by atoms with E-state index in [0.29, 0.717) is 5.56 Å². The predicted octanol–water partition coefficient (Wildman–Crippen LogP) is 4.62. The van der Waals surface area contributed by atoms with Crippen molar-refractivity contribution in [2.24, 2.45) is 12.1 Å². The number of fused-ring (bicyclic) bond motifs is 1. The highest BCUT2D eigenvalue weighted by Gasteiger charge is 2.14. The predicted molar refractivity (Wildman–Crippen MR) is 117 cm³/mol. The van der Waals surface area contributed by atoms with Gasteiger partial charge < -0.3 is 4.57 Å². The molecule has 0 radical (unpaired) electrons. The van der Waals surface area contributed by atoms with Gasteiger partial charge in [-0.05, 0) is 55.3 Å². The fourth-order valence-electron chi connectivity index (χ4n) is 3.24. The van der Waals surface area contributed by atoms with Gasteiger partial charge in [0.1, 0.15) is 0 Å². The van der Waals surface area contributed by atoms with Crippen LogP contribution in [0.3, 0.4) is 0 Å². The minimum Gasteiger partial charge on any atom is -0.350 e. The first-order chi connectivity index (χ1) is 14.0. The molecule has 0 aliphatic carbocycles. The Morgan fingerprint density at radius 1 is 1.03 bits per heavy atom. The molecule has 0 aliphatic rings. The van der Waals surface area contributed by atoms with Crippen LogP contribution in [0.2, 0.25) is 0 Å². The molecule has 2 heterocycles. The third-order valence-corrected chi connectivity index (χ3v) is 5.11. The number of aromatic nitrogens is 2. The van der Waals surface area contributed by atoms with Gasteiger partial charge in [0.25, 0.3) is 5.91 Å². The van der Waals surface area contributed by atoms with E-state index in [1.807, 2.05) is 66.3 Å². The molecule has 0 atom stereocenters. The van der Waals surface area contributed by atoms with Crippen LogP contribution in [0.25, 0.3) is 22.2 Å². The highest BCUT2D eigenvalue weighted by Crippen LogP contribution is 2.26. The molecule has 0 bridgehead atoms. The van der Waals surface area contributed by atoms with E-state index in [4.69, 9.17) is 4.98 Å². The minimum atomic E-state index is -0.265. The number of hydrogen-bond donors (Lipinski definition) is 1. The van der Waals surface area contributed by atoms with Crippen molar-refractivity contribution in [3.8, 4) is 11.3 Å². The third kappa shape index (κ3) is 3.80. The highest BCUT2D eigenvalue weighted by molar-refractivity contribution is 6.07. The van der Waals surface area contributed by atoms with Crippen molar-refractivity contribution in [3.05, 3.63) is 89.2 Å². The zero-order valence-corrected chi connectivity index (χ0v) is 16.7. The number of benzene rings is 2. The molecule has 29 heavy (non-hydrogen) atoms. The molecule has 144 valence electrons. The second kappa shape index (κ2) is 7.72. The maximum atomic E-state index is 12.9. The Morgan fingerprint density at radius 3 is 2.62 bits per heavy atom. The van der Waals surface area contributed by atoms with E-state index in [1.165, 1.54) is 11.1 Å². The van der Waals surface area contributed by atoms with E-state index in [2.05, 4.69) is 36.5 Å². The van der Waals surface area contributed by atoms with Gasteiger partial charge in [-0.3, -0.25) is 4.79 Å². The number of rotatable bonds is 4. The number of nitrogens with zero attached hydrogens (tertiary/aromatic N) is 3. The Morgan fingerprint density at radius 2 is 1.86 bits per heavy atom. The monoisotopic (exact) mass is 382 g/mol. The van der Waals surface area contributed by atoms with E-state index < -0.39 is 0 Å². The molecule has 4 aromatic rings. The summed E-state index contributed by atoms with van der Waals surface area (Å²) in [6.45, 7) is 4.16. The summed E-state index contributed by atoms with van der Waals surface area (Å²) in [6.07, 6.45) is 3.56. The lowest BCUT2D eigenvalue weighted by atomic mass is 10.0. The third-order valence-electron chi connectivity index (χ3n) is 5.11. The van der Waals surface area contributed by atoms with Crippen LogP contribution in [0.1, 0.15) is 27.2 Å². The van der Waals surface area contributed by atoms with Crippen LogP contribution in [0.4, 0.5) is 0 Å². The molecule has 4 rings (SSSR count). The molecular weight excluding hydrogens is 360 g/mol. The molecule has 0 unspecified atom stereocenters. The van der Waals surface area contributed by atoms with Crippen LogP contribution in [-0.2, 0) is 7.05 Å². The quantitative estimate of drug-likeness (QED) is 0.413. The number of hydrogen-bond acceptors (Lipinski definition) is 3. The summed E-state index contributed by atoms with van der Waals surface area (Å²) in [5, 5.41) is 4.92. The number of para-hydroxylation sites is 1. The molecule has 2 aromatic heterocycles. The number of amides is 1. The first-order valence-corrected chi connectivity index (χ1v) is 9.45. The summed E-state index contributed by atoms with van der Waals surface area (Å²) >= 11 is 0. The van der Waals surface area contributed by atoms with Gasteiger partial charge in [0.05, 0.1) is 28.7 Å². The van der Waals surface area contributed by atoms with Crippen molar-refractivity contribution in [1.82, 2.24) is 15.0 Å². The first kappa shape index (κ1) is 18.6. The molecule has 2 aromatic carbocycles. The zero-order chi connectivity index (χ0) is 20.4. The van der Waals surface area contributed by atoms with Crippen LogP contribution in [0.5, 0.6) is 0 Å². The molecule has 5 nitrogen and oxygen atoms in total. The Balaban J connectivity index is 1.72. The summed E-state index contributed by atoms with van der Waals surface area (Å²) < 4.78 is 1.93. The number of hydrazone groups is 1. The minimum absolute atomic E-state index is 0.265. The molecule has 0 saturated heterocycles. The SMILES string of the molecule is Cc1ccc(-c2cc(C(=O)NN=Cc3cccn3C)c3ccccc3n2)cc1C. The summed E-state index contributed by atoms with van der Waals surface area (Å²) in [5.74, 6) is -0.265. The smallest absolute Gasteiger partial charge is 0.272 e. The van der Waals surface area contributed by atoms with Gasteiger partial charge in [-0.15, -0.1) is 0 Å². The second-order valence-corrected chi connectivity index (χ2v) is 7.11. The molecular formula is C24H22N4O. The van der Waals surface area contributed by atoms with Crippen LogP contribution >= 0.6 is 0 Å². The van der Waals surface area contributed by atoms with Crippen LogP contribution in [0.15, 0.2) is 72.0 Å². The largest absolute Gasteiger partial charge is 0.350 e. The van der Waals surface area contributed by atoms with Crippen LogP contribution < -0.4 is 5.43 Å². The fourth-order valence-corrected chi connectivity index (χ4v) is 3.24. The normalized spacial score (nSPS) is 11.3. The maximum Gasteiger partial charge on any atom is 0.272 e. The van der Waals surface area contributed by atoms with Gasteiger partial charge in [-0.1, -0.05) is 30.3 Å². The van der Waals surface area contributed by atoms with Gasteiger partial charge in [0.2, 0.25) is 0 Å². The van der Waals surface area contributed by atoms with E-state index in [-0.39, 0.29) is 5.91 Å². The lowest BCUT2D eigenvalue weighted by molar-refractivity contribution is 0.0956. The molecule has 0 fully saturated rings. The van der Waals surface area contributed by atoms with Crippen molar-refractivity contribution in [2.45, 2.75) is 13.8 Å². The standard InChI is InChI=1S/C24H22N4O/c1-16-10-11-18(13-17(16)2)23-14-21(20-8-4-5-9-22(20)26-23)24(29)27-25-15-19-7-6-12-28(19)3/h4-15H,1-3H3,(H,27,29). The van der Waals surface area contributed by atoms with E-state index in [9.17, 15) is 4.79 Å². The summed E-state index contributed by atoms with van der Waals surface area (Å²) in [4.78, 5) is 17.7. The van der Waals surface area contributed by atoms with Crippen molar-refractivity contribution >= 4 is 23.0 Å². The molecule has 0 spiro atoms. The summed E-state index contributed by atoms with van der Waals surface area (Å²) in [5.41, 5.74) is 9.04. The number of carbonyl (C=O) groups is 1.